The second-order valence-electron chi connectivity index (χ2n) is 2.70. The summed E-state index contributed by atoms with van der Waals surface area (Å²) >= 11 is 0. The fourth-order valence-electron chi connectivity index (χ4n) is 1.09. The predicted molar refractivity (Wildman–Crippen MR) is 49.5 cm³/mol. The SMILES string of the molecule is CCOc1nc(C)ccc1CC. The molecule has 0 amide bonds. The molecule has 0 aliphatic rings. The molecule has 0 aromatic carbocycles. The average molecular weight is 165 g/mol. The van der Waals surface area contributed by atoms with Gasteiger partial charge in [0.15, 0.2) is 0 Å². The van der Waals surface area contributed by atoms with Gasteiger partial charge < -0.3 is 4.74 Å². The van der Waals surface area contributed by atoms with Gasteiger partial charge in [0.2, 0.25) is 5.88 Å². The van der Waals surface area contributed by atoms with Crippen LogP contribution in [0.4, 0.5) is 0 Å². The number of hydrogen-bond acceptors (Lipinski definition) is 2. The van der Waals surface area contributed by atoms with Crippen LogP contribution in [0.3, 0.4) is 0 Å². The molecule has 0 fully saturated rings. The molecule has 1 heterocycles. The van der Waals surface area contributed by atoms with E-state index in [0.29, 0.717) is 6.61 Å². The van der Waals surface area contributed by atoms with Crippen molar-refractivity contribution in [2.75, 3.05) is 6.61 Å². The lowest BCUT2D eigenvalue weighted by atomic mass is 10.2. The molecule has 0 saturated carbocycles. The average Bonchev–Trinajstić information content (AvgIpc) is 2.05. The summed E-state index contributed by atoms with van der Waals surface area (Å²) in [6.07, 6.45) is 0.975. The van der Waals surface area contributed by atoms with Crippen LogP contribution in [0.25, 0.3) is 0 Å². The van der Waals surface area contributed by atoms with Crippen LogP contribution in [0, 0.1) is 6.92 Å². The van der Waals surface area contributed by atoms with Gasteiger partial charge in [-0.05, 0) is 26.3 Å². The molecule has 2 nitrogen and oxygen atoms in total. The standard InChI is InChI=1S/C10H15NO/c1-4-9-7-6-8(3)11-10(9)12-5-2/h6-7H,4-5H2,1-3H3. The third-order valence-corrected chi connectivity index (χ3v) is 1.74. The van der Waals surface area contributed by atoms with E-state index >= 15 is 0 Å². The molecule has 0 aliphatic carbocycles. The Morgan fingerprint density at radius 1 is 1.33 bits per heavy atom. The minimum Gasteiger partial charge on any atom is -0.478 e. The highest BCUT2D eigenvalue weighted by Gasteiger charge is 2.01. The van der Waals surface area contributed by atoms with Gasteiger partial charge in [-0.15, -0.1) is 0 Å². The number of aryl methyl sites for hydroxylation is 2. The van der Waals surface area contributed by atoms with Crippen LogP contribution in [-0.4, -0.2) is 11.6 Å². The normalized spacial score (nSPS) is 9.92. The van der Waals surface area contributed by atoms with Crippen molar-refractivity contribution in [2.45, 2.75) is 27.2 Å². The lowest BCUT2D eigenvalue weighted by molar-refractivity contribution is 0.322. The van der Waals surface area contributed by atoms with Crippen molar-refractivity contribution in [3.8, 4) is 5.88 Å². The summed E-state index contributed by atoms with van der Waals surface area (Å²) in [6, 6.07) is 4.09. The van der Waals surface area contributed by atoms with Crippen molar-refractivity contribution in [1.82, 2.24) is 4.98 Å². The summed E-state index contributed by atoms with van der Waals surface area (Å²) in [7, 11) is 0. The molecule has 2 heteroatoms. The second kappa shape index (κ2) is 4.10. The topological polar surface area (TPSA) is 22.1 Å². The molecule has 0 unspecified atom stereocenters. The maximum absolute atomic E-state index is 5.40. The molecule has 0 bridgehead atoms. The molecule has 0 radical (unpaired) electrons. The summed E-state index contributed by atoms with van der Waals surface area (Å²) in [6.45, 7) is 6.74. The minimum absolute atomic E-state index is 0.684. The number of nitrogens with zero attached hydrogens (tertiary/aromatic N) is 1. The number of ether oxygens (including phenoxy) is 1. The van der Waals surface area contributed by atoms with E-state index in [2.05, 4.69) is 18.0 Å². The Labute approximate surface area is 73.6 Å². The van der Waals surface area contributed by atoms with Gasteiger partial charge in [0.25, 0.3) is 0 Å². The molecule has 0 aliphatic heterocycles. The van der Waals surface area contributed by atoms with Gasteiger partial charge in [0.05, 0.1) is 6.61 Å². The van der Waals surface area contributed by atoms with E-state index in [-0.39, 0.29) is 0 Å². The summed E-state index contributed by atoms with van der Waals surface area (Å²) in [5.74, 6) is 0.792. The van der Waals surface area contributed by atoms with E-state index in [1.807, 2.05) is 19.9 Å². The van der Waals surface area contributed by atoms with Gasteiger partial charge in [-0.1, -0.05) is 13.0 Å². The first-order chi connectivity index (χ1) is 5.77. The summed E-state index contributed by atoms with van der Waals surface area (Å²) in [5.41, 5.74) is 2.19. The van der Waals surface area contributed by atoms with Crippen LogP contribution < -0.4 is 4.74 Å². The fourth-order valence-corrected chi connectivity index (χ4v) is 1.09. The molecule has 0 atom stereocenters. The molecular formula is C10H15NO. The Kier molecular flexibility index (Phi) is 3.09. The molecule has 1 aromatic heterocycles. The van der Waals surface area contributed by atoms with Crippen molar-refractivity contribution < 1.29 is 4.74 Å². The Morgan fingerprint density at radius 3 is 2.67 bits per heavy atom. The van der Waals surface area contributed by atoms with Crippen LogP contribution in [0.2, 0.25) is 0 Å². The van der Waals surface area contributed by atoms with Gasteiger partial charge in [-0.25, -0.2) is 4.98 Å². The Balaban J connectivity index is 2.95. The first-order valence-corrected chi connectivity index (χ1v) is 4.37. The van der Waals surface area contributed by atoms with Gasteiger partial charge in [-0.2, -0.15) is 0 Å². The van der Waals surface area contributed by atoms with Crippen molar-refractivity contribution >= 4 is 0 Å². The first-order valence-electron chi connectivity index (χ1n) is 4.37. The van der Waals surface area contributed by atoms with Gasteiger partial charge >= 0.3 is 0 Å². The third-order valence-electron chi connectivity index (χ3n) is 1.74. The summed E-state index contributed by atoms with van der Waals surface area (Å²) in [4.78, 5) is 4.31. The number of aromatic nitrogens is 1. The second-order valence-corrected chi connectivity index (χ2v) is 2.70. The predicted octanol–water partition coefficient (Wildman–Crippen LogP) is 2.35. The first kappa shape index (κ1) is 9.04. The van der Waals surface area contributed by atoms with Crippen LogP contribution in [0.5, 0.6) is 5.88 Å². The molecule has 66 valence electrons. The van der Waals surface area contributed by atoms with Crippen molar-refractivity contribution in [1.29, 1.82) is 0 Å². The monoisotopic (exact) mass is 165 g/mol. The number of hydrogen-bond donors (Lipinski definition) is 0. The molecule has 0 spiro atoms. The zero-order chi connectivity index (χ0) is 8.97. The highest BCUT2D eigenvalue weighted by Crippen LogP contribution is 2.16. The van der Waals surface area contributed by atoms with E-state index in [1.165, 1.54) is 5.56 Å². The highest BCUT2D eigenvalue weighted by molar-refractivity contribution is 5.27. The largest absolute Gasteiger partial charge is 0.478 e. The molecular weight excluding hydrogens is 150 g/mol. The van der Waals surface area contributed by atoms with Crippen molar-refractivity contribution in [2.24, 2.45) is 0 Å². The smallest absolute Gasteiger partial charge is 0.216 e. The van der Waals surface area contributed by atoms with Crippen LogP contribution in [0.1, 0.15) is 25.1 Å². The van der Waals surface area contributed by atoms with Crippen LogP contribution in [0.15, 0.2) is 12.1 Å². The van der Waals surface area contributed by atoms with E-state index in [0.717, 1.165) is 18.0 Å². The Bertz CT molecular complexity index is 258. The molecule has 1 rings (SSSR count). The van der Waals surface area contributed by atoms with E-state index < -0.39 is 0 Å². The maximum atomic E-state index is 5.40. The zero-order valence-corrected chi connectivity index (χ0v) is 7.92. The van der Waals surface area contributed by atoms with Crippen molar-refractivity contribution in [3.05, 3.63) is 23.4 Å². The zero-order valence-electron chi connectivity index (χ0n) is 7.92. The number of rotatable bonds is 3. The molecule has 1 aromatic rings. The number of pyridine rings is 1. The lowest BCUT2D eigenvalue weighted by Gasteiger charge is -2.07. The fraction of sp³-hybridized carbons (Fsp3) is 0.500. The van der Waals surface area contributed by atoms with Crippen molar-refractivity contribution in [3.63, 3.8) is 0 Å². The minimum atomic E-state index is 0.684. The van der Waals surface area contributed by atoms with Gasteiger partial charge in [0, 0.05) is 11.3 Å². The summed E-state index contributed by atoms with van der Waals surface area (Å²) in [5, 5.41) is 0. The molecule has 12 heavy (non-hydrogen) atoms. The van der Waals surface area contributed by atoms with E-state index in [4.69, 9.17) is 4.74 Å². The molecule has 0 saturated heterocycles. The summed E-state index contributed by atoms with van der Waals surface area (Å²) < 4.78 is 5.40. The highest BCUT2D eigenvalue weighted by atomic mass is 16.5. The van der Waals surface area contributed by atoms with E-state index in [1.54, 1.807) is 0 Å². The molecule has 0 N–H and O–H groups in total. The quantitative estimate of drug-likeness (QED) is 0.686. The third kappa shape index (κ3) is 1.97. The van der Waals surface area contributed by atoms with Gasteiger partial charge in [0.1, 0.15) is 0 Å². The maximum Gasteiger partial charge on any atom is 0.216 e. The van der Waals surface area contributed by atoms with E-state index in [9.17, 15) is 0 Å². The van der Waals surface area contributed by atoms with Crippen LogP contribution in [-0.2, 0) is 6.42 Å². The Morgan fingerprint density at radius 2 is 2.08 bits per heavy atom. The lowest BCUT2D eigenvalue weighted by Crippen LogP contribution is -1.99. The Hall–Kier alpha value is -1.05. The van der Waals surface area contributed by atoms with Gasteiger partial charge in [-0.3, -0.25) is 0 Å². The van der Waals surface area contributed by atoms with Crippen LogP contribution >= 0.6 is 0 Å².